The van der Waals surface area contributed by atoms with Crippen molar-refractivity contribution in [3.8, 4) is 45.0 Å². The number of pyridine rings is 4. The fourth-order valence-corrected chi connectivity index (χ4v) is 4.92. The summed E-state index contributed by atoms with van der Waals surface area (Å²) in [6.45, 7) is 0. The zero-order chi connectivity index (χ0) is 32.4. The summed E-state index contributed by atoms with van der Waals surface area (Å²) in [5.41, 5.74) is 3.86. The number of hydrogen-bond acceptors (Lipinski definition) is 5. The summed E-state index contributed by atoms with van der Waals surface area (Å²) in [6, 6.07) is 26.9. The van der Waals surface area contributed by atoms with Crippen LogP contribution in [0.3, 0.4) is 0 Å². The van der Waals surface area contributed by atoms with Crippen molar-refractivity contribution in [2.24, 2.45) is 0 Å². The molecule has 0 spiro atoms. The number of nitrogens with zero attached hydrogens (tertiary/aromatic N) is 6. The lowest BCUT2D eigenvalue weighted by molar-refractivity contribution is 0.253. The van der Waals surface area contributed by atoms with Gasteiger partial charge in [0.2, 0.25) is 23.8 Å². The van der Waals surface area contributed by atoms with Gasteiger partial charge in [-0.2, -0.15) is 17.6 Å². The van der Waals surface area contributed by atoms with Gasteiger partial charge in [0.15, 0.2) is 0 Å². The van der Waals surface area contributed by atoms with Gasteiger partial charge in [-0.1, -0.05) is 24.3 Å². The zero-order valence-electron chi connectivity index (χ0n) is 24.5. The molecule has 0 saturated carbocycles. The van der Waals surface area contributed by atoms with E-state index in [1.54, 1.807) is 74.8 Å². The van der Waals surface area contributed by atoms with E-state index in [1.807, 2.05) is 0 Å². The molecular formula is C35H24F4N6O. The Balaban J connectivity index is 1.42. The lowest BCUT2D eigenvalue weighted by Gasteiger charge is -2.27. The second-order valence-electron chi connectivity index (χ2n) is 10.3. The van der Waals surface area contributed by atoms with E-state index in [-0.39, 0.29) is 0 Å². The maximum atomic E-state index is 14.1. The molecule has 0 aliphatic heterocycles. The Kier molecular flexibility index (Phi) is 8.21. The molecule has 0 fully saturated rings. The number of benzene rings is 2. The van der Waals surface area contributed by atoms with Crippen molar-refractivity contribution in [3.05, 3.63) is 133 Å². The van der Waals surface area contributed by atoms with Crippen LogP contribution in [0.5, 0.6) is 0 Å². The number of anilines is 2. The van der Waals surface area contributed by atoms with Crippen molar-refractivity contribution in [2.75, 3.05) is 23.9 Å². The smallest absolute Gasteiger partial charge is 0.297 e. The lowest BCUT2D eigenvalue weighted by Crippen LogP contribution is -2.39. The van der Waals surface area contributed by atoms with Crippen LogP contribution in [0.15, 0.2) is 109 Å². The quantitative estimate of drug-likeness (QED) is 0.139. The molecule has 0 saturated heterocycles. The average Bonchev–Trinajstić information content (AvgIpc) is 3.07. The normalized spacial score (nSPS) is 10.9. The molecule has 2 aromatic carbocycles. The van der Waals surface area contributed by atoms with Gasteiger partial charge in [0.1, 0.15) is 0 Å². The van der Waals surface area contributed by atoms with Crippen LogP contribution in [0, 0.1) is 23.8 Å². The van der Waals surface area contributed by atoms with Gasteiger partial charge in [0.05, 0.1) is 22.8 Å². The van der Waals surface area contributed by atoms with Crippen molar-refractivity contribution < 1.29 is 22.4 Å². The maximum absolute atomic E-state index is 14.1. The van der Waals surface area contributed by atoms with Gasteiger partial charge in [-0.25, -0.2) is 24.7 Å². The van der Waals surface area contributed by atoms with Crippen LogP contribution in [-0.2, 0) is 0 Å². The minimum absolute atomic E-state index is 0.302. The molecule has 46 heavy (non-hydrogen) atoms. The number of rotatable bonds is 6. The number of halogens is 4. The third-order valence-electron chi connectivity index (χ3n) is 7.23. The molecule has 0 unspecified atom stereocenters. The molecule has 11 heteroatoms. The average molecular weight is 621 g/mol. The van der Waals surface area contributed by atoms with E-state index in [2.05, 4.69) is 19.9 Å². The van der Waals surface area contributed by atoms with E-state index >= 15 is 0 Å². The first kappa shape index (κ1) is 30.1. The summed E-state index contributed by atoms with van der Waals surface area (Å²) < 4.78 is 56.3. The number of carbonyl (C=O) groups is 1. The highest BCUT2D eigenvalue weighted by atomic mass is 19.1. The van der Waals surface area contributed by atoms with Gasteiger partial charge in [0, 0.05) is 47.7 Å². The van der Waals surface area contributed by atoms with Crippen molar-refractivity contribution in [3.63, 3.8) is 0 Å². The third kappa shape index (κ3) is 6.43. The van der Waals surface area contributed by atoms with Crippen LogP contribution in [0.25, 0.3) is 45.0 Å². The second-order valence-corrected chi connectivity index (χ2v) is 10.3. The Bertz CT molecular complexity index is 1820. The monoisotopic (exact) mass is 620 g/mol. The standard InChI is InChI=1S/C35H24F4N6O/c1-44(25-17-21(27-7-3-11-31(36)40-27)15-22(18-25)28-8-4-12-32(37)41-28)35(46)45(2)26-19-23(29-9-5-13-33(38)42-29)16-24(20-26)30-10-6-14-34(39)43-30/h3-20H,1-2H3. The van der Waals surface area contributed by atoms with E-state index in [4.69, 9.17) is 0 Å². The van der Waals surface area contributed by atoms with Crippen molar-refractivity contribution in [1.82, 2.24) is 19.9 Å². The topological polar surface area (TPSA) is 75.1 Å². The summed E-state index contributed by atoms with van der Waals surface area (Å²) >= 11 is 0. The van der Waals surface area contributed by atoms with E-state index < -0.39 is 29.8 Å². The van der Waals surface area contributed by atoms with Gasteiger partial charge in [-0.05, 0) is 84.9 Å². The van der Waals surface area contributed by atoms with Gasteiger partial charge in [0.25, 0.3) is 0 Å². The molecular weight excluding hydrogens is 596 g/mol. The molecule has 6 aromatic rings. The van der Waals surface area contributed by atoms with Crippen LogP contribution in [0.4, 0.5) is 33.7 Å². The highest BCUT2D eigenvalue weighted by Crippen LogP contribution is 2.34. The Labute approximate surface area is 261 Å². The fraction of sp³-hybridized carbons (Fsp3) is 0.0571. The molecule has 7 nitrogen and oxygen atoms in total. The first-order chi connectivity index (χ1) is 22.1. The minimum atomic E-state index is -0.686. The molecule has 228 valence electrons. The molecule has 4 aromatic heterocycles. The fourth-order valence-electron chi connectivity index (χ4n) is 4.92. The van der Waals surface area contributed by atoms with E-state index in [1.165, 1.54) is 58.3 Å². The number of urea groups is 1. The molecule has 2 amide bonds. The summed E-state index contributed by atoms with van der Waals surface area (Å²) in [7, 11) is 3.10. The Morgan fingerprint density at radius 3 is 0.957 bits per heavy atom. The molecule has 0 radical (unpaired) electrons. The molecule has 6 rings (SSSR count). The van der Waals surface area contributed by atoms with Crippen molar-refractivity contribution in [1.29, 1.82) is 0 Å². The van der Waals surface area contributed by atoms with Crippen LogP contribution in [-0.4, -0.2) is 40.1 Å². The molecule has 0 aliphatic rings. The maximum Gasteiger partial charge on any atom is 0.328 e. The zero-order valence-corrected chi connectivity index (χ0v) is 24.5. The highest BCUT2D eigenvalue weighted by Gasteiger charge is 2.21. The van der Waals surface area contributed by atoms with E-state index in [9.17, 15) is 22.4 Å². The first-order valence-corrected chi connectivity index (χ1v) is 14.0. The summed E-state index contributed by atoms with van der Waals surface area (Å²) in [4.78, 5) is 32.6. The Morgan fingerprint density at radius 2 is 0.717 bits per heavy atom. The molecule has 4 heterocycles. The second kappa shape index (κ2) is 12.6. The van der Waals surface area contributed by atoms with Gasteiger partial charge in [-0.3, -0.25) is 9.80 Å². The predicted octanol–water partition coefficient (Wildman–Crippen LogP) is 8.18. The van der Waals surface area contributed by atoms with Crippen molar-refractivity contribution >= 4 is 17.4 Å². The predicted molar refractivity (Wildman–Crippen MR) is 168 cm³/mol. The Morgan fingerprint density at radius 1 is 0.457 bits per heavy atom. The van der Waals surface area contributed by atoms with Gasteiger partial charge in [-0.15, -0.1) is 0 Å². The molecule has 0 N–H and O–H groups in total. The van der Waals surface area contributed by atoms with Gasteiger partial charge >= 0.3 is 6.03 Å². The van der Waals surface area contributed by atoms with Crippen LogP contribution >= 0.6 is 0 Å². The Hall–Kier alpha value is -5.97. The first-order valence-electron chi connectivity index (χ1n) is 14.0. The van der Waals surface area contributed by atoms with E-state index in [0.29, 0.717) is 56.4 Å². The van der Waals surface area contributed by atoms with Crippen LogP contribution in [0.2, 0.25) is 0 Å². The number of carbonyl (C=O) groups excluding carboxylic acids is 1. The van der Waals surface area contributed by atoms with E-state index in [0.717, 1.165) is 0 Å². The summed E-state index contributed by atoms with van der Waals surface area (Å²) in [5, 5.41) is 0. The molecule has 0 aliphatic carbocycles. The lowest BCUT2D eigenvalue weighted by atomic mass is 10.0. The van der Waals surface area contributed by atoms with Crippen LogP contribution in [0.1, 0.15) is 0 Å². The molecule has 0 bridgehead atoms. The summed E-state index contributed by atoms with van der Waals surface area (Å²) in [6.07, 6.45) is 0. The van der Waals surface area contributed by atoms with Crippen LogP contribution < -0.4 is 9.80 Å². The van der Waals surface area contributed by atoms with Crippen molar-refractivity contribution in [2.45, 2.75) is 0 Å². The molecule has 0 atom stereocenters. The SMILES string of the molecule is CN(C(=O)N(C)c1cc(-c2cccc(F)n2)cc(-c2cccc(F)n2)c1)c1cc(-c2cccc(F)n2)cc(-c2cccc(F)n2)c1. The number of aromatic nitrogens is 4. The largest absolute Gasteiger partial charge is 0.328 e. The van der Waals surface area contributed by atoms with Gasteiger partial charge < -0.3 is 0 Å². The minimum Gasteiger partial charge on any atom is -0.297 e. The number of hydrogen-bond donors (Lipinski definition) is 0. The summed E-state index contributed by atoms with van der Waals surface area (Å²) in [5.74, 6) is -2.75. The third-order valence-corrected chi connectivity index (χ3v) is 7.23. The number of amides is 2. The highest BCUT2D eigenvalue weighted by molar-refractivity contribution is 6.04.